The highest BCUT2D eigenvalue weighted by Gasteiger charge is 2.42. The molecule has 152 valence electrons. The van der Waals surface area contributed by atoms with E-state index in [0.29, 0.717) is 17.9 Å². The summed E-state index contributed by atoms with van der Waals surface area (Å²) in [5, 5.41) is 0. The van der Waals surface area contributed by atoms with E-state index in [1.54, 1.807) is 4.90 Å². The molecule has 3 rings (SSSR count). The first kappa shape index (κ1) is 20.2. The van der Waals surface area contributed by atoms with E-state index in [1.165, 1.54) is 4.57 Å². The number of hydrogen-bond donors (Lipinski definition) is 0. The number of alkyl halides is 3. The monoisotopic (exact) mass is 386 g/mol. The lowest BCUT2D eigenvalue weighted by Gasteiger charge is -2.33. The molecule has 2 aliphatic rings. The van der Waals surface area contributed by atoms with Crippen LogP contribution in [-0.2, 0) is 24.1 Å². The molecular weight excluding hydrogens is 357 g/mol. The third-order valence-corrected chi connectivity index (χ3v) is 5.85. The van der Waals surface area contributed by atoms with Crippen LogP contribution >= 0.6 is 0 Å². The number of amides is 1. The number of hydrogen-bond acceptors (Lipinski definition) is 3. The Balaban J connectivity index is 1.90. The van der Waals surface area contributed by atoms with Gasteiger partial charge in [-0.15, -0.1) is 0 Å². The van der Waals surface area contributed by atoms with Gasteiger partial charge in [0.05, 0.1) is 17.9 Å². The van der Waals surface area contributed by atoms with Crippen LogP contribution in [0.25, 0.3) is 0 Å². The Kier molecular flexibility index (Phi) is 5.84. The number of fused-ring (bicyclic) bond motifs is 1. The van der Waals surface area contributed by atoms with Crippen molar-refractivity contribution in [2.45, 2.75) is 64.7 Å². The molecule has 5 nitrogen and oxygen atoms in total. The zero-order valence-corrected chi connectivity index (χ0v) is 16.3. The lowest BCUT2D eigenvalue weighted by Crippen LogP contribution is -2.42. The summed E-state index contributed by atoms with van der Waals surface area (Å²) in [7, 11) is 2.02. The van der Waals surface area contributed by atoms with Crippen molar-refractivity contribution in [1.29, 1.82) is 0 Å². The summed E-state index contributed by atoms with van der Waals surface area (Å²) in [6.45, 7) is 6.35. The van der Waals surface area contributed by atoms with Gasteiger partial charge in [0.1, 0.15) is 0 Å². The molecule has 1 unspecified atom stereocenters. The van der Waals surface area contributed by atoms with Gasteiger partial charge in [0, 0.05) is 24.9 Å². The van der Waals surface area contributed by atoms with Crippen molar-refractivity contribution in [3.8, 4) is 0 Å². The van der Waals surface area contributed by atoms with Crippen molar-refractivity contribution in [3.63, 3.8) is 0 Å². The second-order valence-corrected chi connectivity index (χ2v) is 7.94. The van der Waals surface area contributed by atoms with E-state index in [-0.39, 0.29) is 30.8 Å². The van der Waals surface area contributed by atoms with Gasteiger partial charge in [-0.25, -0.2) is 4.98 Å². The summed E-state index contributed by atoms with van der Waals surface area (Å²) >= 11 is 0. The van der Waals surface area contributed by atoms with E-state index in [2.05, 4.69) is 9.88 Å². The Morgan fingerprint density at radius 1 is 1.22 bits per heavy atom. The molecule has 1 fully saturated rings. The Bertz CT molecular complexity index is 677. The van der Waals surface area contributed by atoms with Crippen molar-refractivity contribution in [2.24, 2.45) is 5.92 Å². The standard InChI is InChI=1S/C19H29F3N4O/c1-4-5-13(2)17(27)25-10-11-26-15(12-25)16(23-18(26)19(20,21)22)14-6-8-24(3)9-7-14/h13-14H,4-12H2,1-3H3. The lowest BCUT2D eigenvalue weighted by atomic mass is 9.92. The van der Waals surface area contributed by atoms with Gasteiger partial charge in [-0.05, 0) is 39.4 Å². The van der Waals surface area contributed by atoms with E-state index in [9.17, 15) is 18.0 Å². The van der Waals surface area contributed by atoms with E-state index in [1.807, 2.05) is 20.9 Å². The fourth-order valence-electron chi connectivity index (χ4n) is 4.27. The molecular formula is C19H29F3N4O. The average Bonchev–Trinajstić information content (AvgIpc) is 3.01. The molecule has 0 spiro atoms. The fourth-order valence-corrected chi connectivity index (χ4v) is 4.27. The summed E-state index contributed by atoms with van der Waals surface area (Å²) in [6, 6.07) is 0. The van der Waals surface area contributed by atoms with Gasteiger partial charge in [-0.2, -0.15) is 13.2 Å². The van der Waals surface area contributed by atoms with Crippen LogP contribution in [0.5, 0.6) is 0 Å². The van der Waals surface area contributed by atoms with Crippen LogP contribution in [-0.4, -0.2) is 51.9 Å². The van der Waals surface area contributed by atoms with Crippen molar-refractivity contribution in [1.82, 2.24) is 19.4 Å². The molecule has 1 amide bonds. The molecule has 1 saturated heterocycles. The first-order valence-electron chi connectivity index (χ1n) is 9.86. The average molecular weight is 386 g/mol. The number of piperidine rings is 1. The number of imidazole rings is 1. The number of nitrogens with zero attached hydrogens (tertiary/aromatic N) is 4. The SMILES string of the molecule is CCCC(C)C(=O)N1CCn2c(C(F)(F)F)nc(C3CCN(C)CC3)c2C1. The lowest BCUT2D eigenvalue weighted by molar-refractivity contribution is -0.148. The van der Waals surface area contributed by atoms with Crippen LogP contribution < -0.4 is 0 Å². The summed E-state index contributed by atoms with van der Waals surface area (Å²) in [4.78, 5) is 20.7. The Morgan fingerprint density at radius 3 is 2.48 bits per heavy atom. The molecule has 0 radical (unpaired) electrons. The number of carbonyl (C=O) groups is 1. The van der Waals surface area contributed by atoms with Crippen LogP contribution in [0.1, 0.15) is 62.7 Å². The molecule has 1 aromatic rings. The smallest absolute Gasteiger partial charge is 0.335 e. The zero-order chi connectivity index (χ0) is 19.8. The van der Waals surface area contributed by atoms with Gasteiger partial charge < -0.3 is 14.4 Å². The highest BCUT2D eigenvalue weighted by molar-refractivity contribution is 5.78. The van der Waals surface area contributed by atoms with Crippen LogP contribution in [0.15, 0.2) is 0 Å². The highest BCUT2D eigenvalue weighted by Crippen LogP contribution is 2.37. The molecule has 0 N–H and O–H groups in total. The highest BCUT2D eigenvalue weighted by atomic mass is 19.4. The third kappa shape index (κ3) is 4.15. The number of carbonyl (C=O) groups excluding carboxylic acids is 1. The van der Waals surface area contributed by atoms with E-state index in [0.717, 1.165) is 38.8 Å². The fraction of sp³-hybridized carbons (Fsp3) is 0.789. The molecule has 8 heteroatoms. The minimum absolute atomic E-state index is 0.0293. The summed E-state index contributed by atoms with van der Waals surface area (Å²) in [6.07, 6.45) is -1.15. The second kappa shape index (κ2) is 7.81. The van der Waals surface area contributed by atoms with Crippen molar-refractivity contribution >= 4 is 5.91 Å². The molecule has 3 heterocycles. The quantitative estimate of drug-likeness (QED) is 0.796. The number of aromatic nitrogens is 2. The van der Waals surface area contributed by atoms with Crippen LogP contribution in [0.4, 0.5) is 13.2 Å². The Hall–Kier alpha value is -1.57. The maximum absolute atomic E-state index is 13.5. The molecule has 2 aliphatic heterocycles. The maximum Gasteiger partial charge on any atom is 0.449 e. The van der Waals surface area contributed by atoms with Crippen LogP contribution in [0, 0.1) is 5.92 Å². The van der Waals surface area contributed by atoms with E-state index >= 15 is 0 Å². The molecule has 1 aromatic heterocycles. The van der Waals surface area contributed by atoms with Gasteiger partial charge in [0.2, 0.25) is 11.7 Å². The maximum atomic E-state index is 13.5. The number of rotatable bonds is 4. The van der Waals surface area contributed by atoms with E-state index in [4.69, 9.17) is 0 Å². The first-order chi connectivity index (χ1) is 12.7. The zero-order valence-electron chi connectivity index (χ0n) is 16.3. The van der Waals surface area contributed by atoms with Gasteiger partial charge >= 0.3 is 6.18 Å². The predicted molar refractivity (Wildman–Crippen MR) is 96.2 cm³/mol. The summed E-state index contributed by atoms with van der Waals surface area (Å²) in [5.41, 5.74) is 1.14. The van der Waals surface area contributed by atoms with Crippen molar-refractivity contribution < 1.29 is 18.0 Å². The second-order valence-electron chi connectivity index (χ2n) is 7.94. The van der Waals surface area contributed by atoms with Crippen LogP contribution in [0.2, 0.25) is 0 Å². The summed E-state index contributed by atoms with van der Waals surface area (Å²) < 4.78 is 41.9. The minimum atomic E-state index is -4.47. The van der Waals surface area contributed by atoms with Gasteiger partial charge in [0.15, 0.2) is 0 Å². The number of likely N-dealkylation sites (tertiary alicyclic amines) is 1. The van der Waals surface area contributed by atoms with Crippen molar-refractivity contribution in [2.75, 3.05) is 26.7 Å². The molecule has 1 atom stereocenters. The van der Waals surface area contributed by atoms with Gasteiger partial charge in [-0.1, -0.05) is 20.3 Å². The Morgan fingerprint density at radius 2 is 1.89 bits per heavy atom. The first-order valence-corrected chi connectivity index (χ1v) is 9.86. The minimum Gasteiger partial charge on any atom is -0.335 e. The molecule has 0 saturated carbocycles. The molecule has 0 bridgehead atoms. The number of halogens is 3. The largest absolute Gasteiger partial charge is 0.449 e. The molecule has 0 aliphatic carbocycles. The normalized spacial score (nSPS) is 20.6. The predicted octanol–water partition coefficient (Wildman–Crippen LogP) is 3.49. The molecule has 0 aromatic carbocycles. The topological polar surface area (TPSA) is 41.4 Å². The summed E-state index contributed by atoms with van der Waals surface area (Å²) in [5.74, 6) is -0.840. The van der Waals surface area contributed by atoms with Gasteiger partial charge in [-0.3, -0.25) is 4.79 Å². The third-order valence-electron chi connectivity index (χ3n) is 5.85. The van der Waals surface area contributed by atoms with Gasteiger partial charge in [0.25, 0.3) is 0 Å². The van der Waals surface area contributed by atoms with Crippen molar-refractivity contribution in [3.05, 3.63) is 17.2 Å². The van der Waals surface area contributed by atoms with E-state index < -0.39 is 12.0 Å². The van der Waals surface area contributed by atoms with Crippen LogP contribution in [0.3, 0.4) is 0 Å². The molecule has 27 heavy (non-hydrogen) atoms. The Labute approximate surface area is 158 Å².